The van der Waals surface area contributed by atoms with E-state index >= 15 is 0 Å². The summed E-state index contributed by atoms with van der Waals surface area (Å²) in [6, 6.07) is 4.49. The fraction of sp³-hybridized carbons (Fsp3) is 0.538. The van der Waals surface area contributed by atoms with Gasteiger partial charge in [0.1, 0.15) is 17.7 Å². The van der Waals surface area contributed by atoms with E-state index in [9.17, 15) is 4.39 Å². The van der Waals surface area contributed by atoms with E-state index in [0.717, 1.165) is 35.7 Å². The van der Waals surface area contributed by atoms with Crippen LogP contribution in [0.2, 0.25) is 0 Å². The van der Waals surface area contributed by atoms with Gasteiger partial charge in [-0.25, -0.2) is 4.39 Å². The van der Waals surface area contributed by atoms with Crippen LogP contribution in [-0.2, 0) is 0 Å². The first kappa shape index (κ1) is 12.7. The highest BCUT2D eigenvalue weighted by Gasteiger charge is 2.25. The second-order valence-electron chi connectivity index (χ2n) is 4.25. The van der Waals surface area contributed by atoms with E-state index in [2.05, 4.69) is 6.92 Å². The minimum absolute atomic E-state index is 0.105. The summed E-state index contributed by atoms with van der Waals surface area (Å²) >= 11 is 1.91. The van der Waals surface area contributed by atoms with Crippen LogP contribution in [0.4, 0.5) is 4.39 Å². The average Bonchev–Trinajstić information content (AvgIpc) is 2.31. The van der Waals surface area contributed by atoms with Crippen LogP contribution in [0.5, 0.6) is 5.75 Å². The highest BCUT2D eigenvalue weighted by atomic mass is 32.2. The first-order valence-electron chi connectivity index (χ1n) is 6.00. The number of nitrogens with two attached hydrogens (primary N) is 1. The van der Waals surface area contributed by atoms with Crippen LogP contribution in [0, 0.1) is 5.82 Å². The van der Waals surface area contributed by atoms with Crippen molar-refractivity contribution in [2.45, 2.75) is 31.9 Å². The van der Waals surface area contributed by atoms with E-state index in [1.54, 1.807) is 6.07 Å². The molecule has 0 amide bonds. The number of ether oxygens (including phenoxy) is 1. The molecular weight excluding hydrogens is 237 g/mol. The summed E-state index contributed by atoms with van der Waals surface area (Å²) in [5.41, 5.74) is 6.85. The van der Waals surface area contributed by atoms with E-state index in [0.29, 0.717) is 0 Å². The molecule has 1 aliphatic rings. The van der Waals surface area contributed by atoms with Crippen molar-refractivity contribution in [2.24, 2.45) is 5.73 Å². The third-order valence-electron chi connectivity index (χ3n) is 2.97. The second kappa shape index (κ2) is 5.74. The molecule has 4 heteroatoms. The molecule has 2 atom stereocenters. The summed E-state index contributed by atoms with van der Waals surface area (Å²) in [5, 5.41) is 0. The molecule has 0 saturated heterocycles. The van der Waals surface area contributed by atoms with Crippen molar-refractivity contribution >= 4 is 11.8 Å². The Kier molecular flexibility index (Phi) is 4.29. The highest BCUT2D eigenvalue weighted by molar-refractivity contribution is 7.99. The van der Waals surface area contributed by atoms with Crippen LogP contribution >= 0.6 is 11.8 Å². The molecule has 2 N–H and O–H groups in total. The van der Waals surface area contributed by atoms with Gasteiger partial charge in [-0.15, -0.1) is 0 Å². The average molecular weight is 255 g/mol. The Morgan fingerprint density at radius 3 is 3.12 bits per heavy atom. The van der Waals surface area contributed by atoms with E-state index in [4.69, 9.17) is 10.5 Å². The summed E-state index contributed by atoms with van der Waals surface area (Å²) in [7, 11) is 0. The molecule has 2 nitrogen and oxygen atoms in total. The zero-order chi connectivity index (χ0) is 12.3. The van der Waals surface area contributed by atoms with Crippen molar-refractivity contribution in [1.29, 1.82) is 0 Å². The number of benzene rings is 1. The highest BCUT2D eigenvalue weighted by Crippen LogP contribution is 2.34. The molecule has 1 unspecified atom stereocenters. The third-order valence-corrected chi connectivity index (χ3v) is 3.90. The van der Waals surface area contributed by atoms with E-state index < -0.39 is 0 Å². The maximum atomic E-state index is 13.1. The molecular formula is C13H18FNOS. The Labute approximate surface area is 106 Å². The maximum Gasteiger partial charge on any atom is 0.124 e. The number of thioether (sulfide) groups is 1. The zero-order valence-electron chi connectivity index (χ0n) is 9.99. The third kappa shape index (κ3) is 3.13. The number of halogens is 1. The summed E-state index contributed by atoms with van der Waals surface area (Å²) in [6.45, 7) is 2.15. The van der Waals surface area contributed by atoms with Gasteiger partial charge in [0.05, 0.1) is 0 Å². The van der Waals surface area contributed by atoms with Gasteiger partial charge in [0.15, 0.2) is 0 Å². The van der Waals surface area contributed by atoms with Crippen molar-refractivity contribution in [1.82, 2.24) is 0 Å². The van der Waals surface area contributed by atoms with Crippen LogP contribution in [0.1, 0.15) is 31.4 Å². The molecule has 1 aromatic carbocycles. The molecule has 94 valence electrons. The summed E-state index contributed by atoms with van der Waals surface area (Å²) in [4.78, 5) is 0. The quantitative estimate of drug-likeness (QED) is 0.840. The van der Waals surface area contributed by atoms with Gasteiger partial charge in [0.25, 0.3) is 0 Å². The number of fused-ring (bicyclic) bond motifs is 1. The summed E-state index contributed by atoms with van der Waals surface area (Å²) in [5.74, 6) is 2.71. The minimum Gasteiger partial charge on any atom is -0.490 e. The lowest BCUT2D eigenvalue weighted by atomic mass is 9.96. The van der Waals surface area contributed by atoms with Gasteiger partial charge in [0, 0.05) is 18.0 Å². The van der Waals surface area contributed by atoms with Gasteiger partial charge in [-0.05, 0) is 36.1 Å². The largest absolute Gasteiger partial charge is 0.490 e. The predicted molar refractivity (Wildman–Crippen MR) is 70.0 cm³/mol. The lowest BCUT2D eigenvalue weighted by molar-refractivity contribution is 0.156. The Hall–Kier alpha value is -0.740. The fourth-order valence-corrected chi connectivity index (χ4v) is 2.81. The molecule has 17 heavy (non-hydrogen) atoms. The molecule has 0 saturated carbocycles. The minimum atomic E-state index is -0.247. The Balaban J connectivity index is 2.03. The van der Waals surface area contributed by atoms with E-state index in [-0.39, 0.29) is 18.0 Å². The van der Waals surface area contributed by atoms with E-state index in [1.165, 1.54) is 12.1 Å². The van der Waals surface area contributed by atoms with Gasteiger partial charge in [-0.3, -0.25) is 0 Å². The van der Waals surface area contributed by atoms with Gasteiger partial charge in [0.2, 0.25) is 0 Å². The molecule has 0 aromatic heterocycles. The van der Waals surface area contributed by atoms with Crippen LogP contribution in [0.15, 0.2) is 18.2 Å². The first-order chi connectivity index (χ1) is 8.20. The van der Waals surface area contributed by atoms with Crippen molar-refractivity contribution in [3.05, 3.63) is 29.6 Å². The molecule has 0 bridgehead atoms. The standard InChI is InChI=1S/C13H18FNOS/c1-2-17-6-5-10-8-12(15)11-7-9(14)3-4-13(11)16-10/h3-4,7,10,12H,2,5-6,8,15H2,1H3/t10?,12-/m1/s1. The Bertz CT molecular complexity index is 386. The normalized spacial score (nSPS) is 23.0. The van der Waals surface area contributed by atoms with Gasteiger partial charge < -0.3 is 10.5 Å². The molecule has 2 rings (SSSR count). The van der Waals surface area contributed by atoms with Crippen molar-refractivity contribution in [3.8, 4) is 5.75 Å². The lowest BCUT2D eigenvalue weighted by Crippen LogP contribution is -2.30. The van der Waals surface area contributed by atoms with Crippen molar-refractivity contribution < 1.29 is 9.13 Å². The van der Waals surface area contributed by atoms with Crippen molar-refractivity contribution in [2.75, 3.05) is 11.5 Å². The molecule has 0 aliphatic carbocycles. The SMILES string of the molecule is CCSCCC1C[C@@H](N)c2cc(F)ccc2O1. The lowest BCUT2D eigenvalue weighted by Gasteiger charge is -2.30. The predicted octanol–water partition coefficient (Wildman–Crippen LogP) is 3.12. The van der Waals surface area contributed by atoms with Crippen molar-refractivity contribution in [3.63, 3.8) is 0 Å². The maximum absolute atomic E-state index is 13.1. The first-order valence-corrected chi connectivity index (χ1v) is 7.15. The molecule has 1 heterocycles. The molecule has 1 aliphatic heterocycles. The number of hydrogen-bond acceptors (Lipinski definition) is 3. The Morgan fingerprint density at radius 1 is 1.53 bits per heavy atom. The van der Waals surface area contributed by atoms with E-state index in [1.807, 2.05) is 11.8 Å². The van der Waals surface area contributed by atoms with Gasteiger partial charge >= 0.3 is 0 Å². The molecule has 0 fully saturated rings. The van der Waals surface area contributed by atoms with Gasteiger partial charge in [-0.2, -0.15) is 11.8 Å². The molecule has 1 aromatic rings. The summed E-state index contributed by atoms with van der Waals surface area (Å²) in [6.07, 6.45) is 1.95. The zero-order valence-corrected chi connectivity index (χ0v) is 10.8. The van der Waals surface area contributed by atoms with Crippen LogP contribution in [0.3, 0.4) is 0 Å². The van der Waals surface area contributed by atoms with Crippen LogP contribution < -0.4 is 10.5 Å². The second-order valence-corrected chi connectivity index (χ2v) is 5.64. The van der Waals surface area contributed by atoms with Gasteiger partial charge in [-0.1, -0.05) is 6.92 Å². The topological polar surface area (TPSA) is 35.2 Å². The smallest absolute Gasteiger partial charge is 0.124 e. The van der Waals surface area contributed by atoms with Crippen LogP contribution in [-0.4, -0.2) is 17.6 Å². The number of hydrogen-bond donors (Lipinski definition) is 1. The Morgan fingerprint density at radius 2 is 2.35 bits per heavy atom. The monoisotopic (exact) mass is 255 g/mol. The summed E-state index contributed by atoms with van der Waals surface area (Å²) < 4.78 is 18.9. The number of rotatable bonds is 4. The fourth-order valence-electron chi connectivity index (χ4n) is 2.09. The molecule has 0 radical (unpaired) electrons. The van der Waals surface area contributed by atoms with Crippen LogP contribution in [0.25, 0.3) is 0 Å². The molecule has 0 spiro atoms.